The molecule has 0 aliphatic heterocycles. The number of hydrogen-bond acceptors (Lipinski definition) is 2. The summed E-state index contributed by atoms with van der Waals surface area (Å²) in [6.45, 7) is 7.05. The van der Waals surface area contributed by atoms with Crippen LogP contribution < -0.4 is 11.1 Å². The number of benzene rings is 1. The molecule has 2 bridgehead atoms. The van der Waals surface area contributed by atoms with Crippen molar-refractivity contribution in [3.8, 4) is 0 Å². The van der Waals surface area contributed by atoms with E-state index < -0.39 is 11.7 Å². The fraction of sp³-hybridized carbons (Fsp3) is 0.588. The first kappa shape index (κ1) is 14.4. The number of hydrogen-bond donors (Lipinski definition) is 2. The minimum atomic E-state index is -0.726. The van der Waals surface area contributed by atoms with Gasteiger partial charge in [0.05, 0.1) is 5.56 Å². The van der Waals surface area contributed by atoms with Gasteiger partial charge in [0.1, 0.15) is 5.82 Å². The van der Waals surface area contributed by atoms with Gasteiger partial charge >= 0.3 is 0 Å². The molecule has 3 atom stereocenters. The van der Waals surface area contributed by atoms with Crippen LogP contribution in [0.25, 0.3) is 0 Å². The number of amides is 1. The summed E-state index contributed by atoms with van der Waals surface area (Å²) in [5.74, 6) is -0.556. The molecule has 3 N–H and O–H groups in total. The highest BCUT2D eigenvalue weighted by Gasteiger charge is 2.61. The van der Waals surface area contributed by atoms with E-state index in [1.54, 1.807) is 6.07 Å². The zero-order chi connectivity index (χ0) is 15.4. The largest absolute Gasteiger partial charge is 0.382 e. The Labute approximate surface area is 125 Å². The molecule has 2 aliphatic rings. The normalized spacial score (nSPS) is 33.1. The van der Waals surface area contributed by atoms with Crippen molar-refractivity contribution in [2.24, 2.45) is 22.5 Å². The maximum Gasteiger partial charge on any atom is 0.251 e. The Balaban J connectivity index is 1.86. The summed E-state index contributed by atoms with van der Waals surface area (Å²) >= 11 is 0. The highest BCUT2D eigenvalue weighted by Crippen LogP contribution is 2.65. The van der Waals surface area contributed by atoms with Crippen LogP contribution >= 0.6 is 0 Å². The van der Waals surface area contributed by atoms with Crippen molar-refractivity contribution in [3.63, 3.8) is 0 Å². The minimum Gasteiger partial charge on any atom is -0.382 e. The fourth-order valence-electron chi connectivity index (χ4n) is 4.43. The molecular weight excluding hydrogens is 267 g/mol. The molecule has 1 aromatic carbocycles. The molecule has 0 spiro atoms. The molecule has 4 heteroatoms. The van der Waals surface area contributed by atoms with Crippen LogP contribution in [0.5, 0.6) is 0 Å². The third-order valence-electron chi connectivity index (χ3n) is 6.37. The number of nitrogens with one attached hydrogen (secondary N) is 1. The smallest absolute Gasteiger partial charge is 0.251 e. The molecule has 0 aromatic heterocycles. The number of primary amides is 1. The average Bonchev–Trinajstić information content (AvgIpc) is 2.74. The van der Waals surface area contributed by atoms with Gasteiger partial charge in [-0.15, -0.1) is 0 Å². The fourth-order valence-corrected chi connectivity index (χ4v) is 4.43. The molecule has 1 amide bonds. The molecule has 0 saturated heterocycles. The van der Waals surface area contributed by atoms with Crippen LogP contribution in [-0.4, -0.2) is 11.9 Å². The van der Waals surface area contributed by atoms with Gasteiger partial charge in [0.2, 0.25) is 0 Å². The molecule has 114 valence electrons. The van der Waals surface area contributed by atoms with E-state index in [0.29, 0.717) is 11.5 Å². The Morgan fingerprint density at radius 1 is 1.38 bits per heavy atom. The first-order valence-electron chi connectivity index (χ1n) is 7.61. The molecule has 2 aliphatic carbocycles. The summed E-state index contributed by atoms with van der Waals surface area (Å²) in [6.07, 6.45) is 3.64. The van der Waals surface area contributed by atoms with Crippen LogP contribution in [0.2, 0.25) is 0 Å². The first-order chi connectivity index (χ1) is 9.75. The maximum absolute atomic E-state index is 13.6. The highest BCUT2D eigenvalue weighted by molar-refractivity contribution is 5.94. The van der Waals surface area contributed by atoms with Crippen molar-refractivity contribution >= 4 is 11.6 Å². The third kappa shape index (κ3) is 1.95. The lowest BCUT2D eigenvalue weighted by atomic mass is 9.69. The molecule has 2 saturated carbocycles. The topological polar surface area (TPSA) is 55.1 Å². The van der Waals surface area contributed by atoms with Crippen molar-refractivity contribution < 1.29 is 9.18 Å². The second-order valence-corrected chi connectivity index (χ2v) is 7.37. The summed E-state index contributed by atoms with van der Waals surface area (Å²) in [6, 6.07) is 4.88. The molecule has 2 fully saturated rings. The Kier molecular flexibility index (Phi) is 3.05. The van der Waals surface area contributed by atoms with Crippen molar-refractivity contribution in [2.45, 2.75) is 46.1 Å². The standard InChI is InChI=1S/C17H23FN2O/c1-16(2)10-6-7-17(16,3)14(8-10)20-11-4-5-13(18)12(9-11)15(19)21/h4-5,9-10,14,20H,6-8H2,1-3H3,(H2,19,21). The lowest BCUT2D eigenvalue weighted by Gasteiger charge is -2.40. The van der Waals surface area contributed by atoms with Crippen LogP contribution in [0.1, 0.15) is 50.4 Å². The van der Waals surface area contributed by atoms with Gasteiger partial charge in [0.25, 0.3) is 5.91 Å². The van der Waals surface area contributed by atoms with Gasteiger partial charge < -0.3 is 11.1 Å². The Bertz CT molecular complexity index is 598. The second-order valence-electron chi connectivity index (χ2n) is 7.37. The summed E-state index contributed by atoms with van der Waals surface area (Å²) in [5, 5.41) is 3.52. The zero-order valence-electron chi connectivity index (χ0n) is 12.9. The third-order valence-corrected chi connectivity index (χ3v) is 6.37. The van der Waals surface area contributed by atoms with E-state index >= 15 is 0 Å². The lowest BCUT2D eigenvalue weighted by molar-refractivity contribution is 0.0996. The summed E-state index contributed by atoms with van der Waals surface area (Å²) in [4.78, 5) is 11.3. The van der Waals surface area contributed by atoms with E-state index in [-0.39, 0.29) is 11.0 Å². The summed E-state index contributed by atoms with van der Waals surface area (Å²) in [7, 11) is 0. The van der Waals surface area contributed by atoms with Crippen LogP contribution in [-0.2, 0) is 0 Å². The van der Waals surface area contributed by atoms with Gasteiger partial charge in [-0.2, -0.15) is 0 Å². The number of fused-ring (bicyclic) bond motifs is 2. The molecular formula is C17H23FN2O. The van der Waals surface area contributed by atoms with Crippen molar-refractivity contribution in [1.82, 2.24) is 0 Å². The number of anilines is 1. The predicted octanol–water partition coefficient (Wildman–Crippen LogP) is 3.55. The molecule has 3 rings (SSSR count). The Morgan fingerprint density at radius 3 is 2.62 bits per heavy atom. The Hall–Kier alpha value is -1.58. The van der Waals surface area contributed by atoms with Gasteiger partial charge in [-0.1, -0.05) is 20.8 Å². The Morgan fingerprint density at radius 2 is 2.10 bits per heavy atom. The molecule has 0 radical (unpaired) electrons. The van der Waals surface area contributed by atoms with Gasteiger partial charge in [0, 0.05) is 11.7 Å². The van der Waals surface area contributed by atoms with Crippen LogP contribution in [0.4, 0.5) is 10.1 Å². The van der Waals surface area contributed by atoms with Gasteiger partial charge in [-0.3, -0.25) is 4.79 Å². The van der Waals surface area contributed by atoms with E-state index in [1.807, 2.05) is 0 Å². The van der Waals surface area contributed by atoms with Gasteiger partial charge in [0.15, 0.2) is 0 Å². The number of carbonyl (C=O) groups excluding carboxylic acids is 1. The second kappa shape index (κ2) is 4.46. The number of carbonyl (C=O) groups is 1. The van der Waals surface area contributed by atoms with E-state index in [2.05, 4.69) is 26.1 Å². The highest BCUT2D eigenvalue weighted by atomic mass is 19.1. The predicted molar refractivity (Wildman–Crippen MR) is 81.6 cm³/mol. The molecule has 3 nitrogen and oxygen atoms in total. The van der Waals surface area contributed by atoms with Crippen molar-refractivity contribution in [3.05, 3.63) is 29.6 Å². The SMILES string of the molecule is CC1(C)C2CCC1(C)C(Nc1ccc(F)c(C(N)=O)c1)C2. The van der Waals surface area contributed by atoms with Crippen molar-refractivity contribution in [2.75, 3.05) is 5.32 Å². The molecule has 21 heavy (non-hydrogen) atoms. The molecule has 3 unspecified atom stereocenters. The zero-order valence-corrected chi connectivity index (χ0v) is 12.9. The maximum atomic E-state index is 13.6. The summed E-state index contributed by atoms with van der Waals surface area (Å²) in [5.41, 5.74) is 6.50. The monoisotopic (exact) mass is 290 g/mol. The number of halogens is 1. The number of nitrogens with two attached hydrogens (primary N) is 1. The average molecular weight is 290 g/mol. The van der Waals surface area contributed by atoms with E-state index in [0.717, 1.165) is 18.0 Å². The lowest BCUT2D eigenvalue weighted by Crippen LogP contribution is -2.40. The number of rotatable bonds is 3. The van der Waals surface area contributed by atoms with Gasteiger partial charge in [-0.25, -0.2) is 4.39 Å². The van der Waals surface area contributed by atoms with E-state index in [9.17, 15) is 9.18 Å². The van der Waals surface area contributed by atoms with Crippen LogP contribution in [0.3, 0.4) is 0 Å². The van der Waals surface area contributed by atoms with E-state index in [1.165, 1.54) is 25.0 Å². The molecule has 1 aromatic rings. The first-order valence-corrected chi connectivity index (χ1v) is 7.61. The minimum absolute atomic E-state index is 0.0485. The summed E-state index contributed by atoms with van der Waals surface area (Å²) < 4.78 is 13.6. The van der Waals surface area contributed by atoms with Crippen LogP contribution in [0, 0.1) is 22.6 Å². The van der Waals surface area contributed by atoms with Gasteiger partial charge in [-0.05, 0) is 54.2 Å². The quantitative estimate of drug-likeness (QED) is 0.894. The van der Waals surface area contributed by atoms with E-state index in [4.69, 9.17) is 5.73 Å². The molecule has 0 heterocycles. The van der Waals surface area contributed by atoms with Crippen LogP contribution in [0.15, 0.2) is 18.2 Å². The van der Waals surface area contributed by atoms with Crippen molar-refractivity contribution in [1.29, 1.82) is 0 Å².